The van der Waals surface area contributed by atoms with Crippen LogP contribution in [0.2, 0.25) is 0 Å². The Hall–Kier alpha value is -1.33. The van der Waals surface area contributed by atoms with Crippen LogP contribution in [0, 0.1) is 49.4 Å². The van der Waals surface area contributed by atoms with E-state index < -0.39 is 28.9 Å². The van der Waals surface area contributed by atoms with Crippen LogP contribution in [-0.4, -0.2) is 41.5 Å². The van der Waals surface area contributed by atoms with Gasteiger partial charge in [0.2, 0.25) is 0 Å². The first-order valence-electron chi connectivity index (χ1n) is 6.99. The van der Waals surface area contributed by atoms with Crippen molar-refractivity contribution in [3.05, 3.63) is 52.4 Å². The van der Waals surface area contributed by atoms with Crippen LogP contribution in [0.1, 0.15) is 10.4 Å². The molecule has 0 aliphatic heterocycles. The third-order valence-electron chi connectivity index (χ3n) is 3.25. The van der Waals surface area contributed by atoms with Crippen LogP contribution < -0.4 is 5.63 Å². The number of hydrogen-bond acceptors (Lipinski definition) is 6. The maximum Gasteiger partial charge on any atom is 0.455 e. The molecule has 0 amide bonds. The van der Waals surface area contributed by atoms with Crippen LogP contribution in [0.5, 0.6) is 5.75 Å². The number of Topliss-reactive ketones (excluding diaryl/α,β-unsaturated/α-hetero) is 1. The van der Waals surface area contributed by atoms with Gasteiger partial charge in [-0.2, -0.15) is 13.2 Å². The minimum Gasteiger partial charge on any atom is -0.506 e. The molecular formula is C17H15EuF3O6. The van der Waals surface area contributed by atoms with Crippen LogP contribution in [-0.2, 0) is 0 Å². The third kappa shape index (κ3) is 5.35. The first-order valence-corrected chi connectivity index (χ1v) is 6.99. The summed E-state index contributed by atoms with van der Waals surface area (Å²) in [5.41, 5.74) is -3.00. The van der Waals surface area contributed by atoms with Crippen LogP contribution in [0.15, 0.2) is 45.6 Å². The van der Waals surface area contributed by atoms with E-state index in [4.69, 9.17) is 14.6 Å². The van der Waals surface area contributed by atoms with Gasteiger partial charge in [-0.3, -0.25) is 4.79 Å². The topological polar surface area (TPSA) is 108 Å². The Bertz CT molecular complexity index is 982. The Kier molecular flexibility index (Phi) is 10.3. The summed E-state index contributed by atoms with van der Waals surface area (Å²) in [6.45, 7) is 0. The molecule has 147 valence electrons. The molecule has 0 atom stereocenters. The number of aliphatic hydroxyl groups is 2. The number of halogens is 3. The van der Waals surface area contributed by atoms with Gasteiger partial charge in [-0.15, -0.1) is 0 Å². The number of alkyl halides is 3. The molecule has 0 fully saturated rings. The molecule has 2 aromatic carbocycles. The van der Waals surface area contributed by atoms with E-state index in [1.54, 1.807) is 30.3 Å². The van der Waals surface area contributed by atoms with Gasteiger partial charge in [0.05, 0.1) is 5.39 Å². The van der Waals surface area contributed by atoms with Gasteiger partial charge in [-0.25, -0.2) is 4.79 Å². The van der Waals surface area contributed by atoms with E-state index in [1.165, 1.54) is 6.07 Å². The van der Waals surface area contributed by atoms with Gasteiger partial charge in [0.1, 0.15) is 11.3 Å². The molecule has 10 heteroatoms. The SMILES string of the molecule is CO.CO.O=C(c1c(O)c2ccc3ccccc3c2oc1=O)C(F)(F)F.[Eu]. The van der Waals surface area contributed by atoms with Crippen LogP contribution in [0.3, 0.4) is 0 Å². The minimum atomic E-state index is -5.28. The fourth-order valence-corrected chi connectivity index (χ4v) is 2.26. The Morgan fingerprint density at radius 1 is 0.963 bits per heavy atom. The Morgan fingerprint density at radius 2 is 1.52 bits per heavy atom. The van der Waals surface area contributed by atoms with Gasteiger partial charge in [-0.05, 0) is 11.5 Å². The van der Waals surface area contributed by atoms with Crippen LogP contribution in [0.25, 0.3) is 21.7 Å². The molecule has 0 aliphatic rings. The summed E-state index contributed by atoms with van der Waals surface area (Å²) in [6, 6.07) is 9.51. The van der Waals surface area contributed by atoms with Gasteiger partial charge >= 0.3 is 11.8 Å². The normalized spacial score (nSPS) is 10.2. The summed E-state index contributed by atoms with van der Waals surface area (Å²) in [6.07, 6.45) is -5.28. The molecule has 1 aromatic heterocycles. The molecule has 0 spiro atoms. The van der Waals surface area contributed by atoms with Crippen molar-refractivity contribution >= 4 is 27.5 Å². The van der Waals surface area contributed by atoms with Crippen LogP contribution in [0.4, 0.5) is 13.2 Å². The maximum absolute atomic E-state index is 12.5. The van der Waals surface area contributed by atoms with Gasteiger partial charge in [0, 0.05) is 69.0 Å². The largest absolute Gasteiger partial charge is 0.506 e. The van der Waals surface area contributed by atoms with Crippen LogP contribution >= 0.6 is 0 Å². The molecule has 1 radical (unpaired) electrons. The predicted octanol–water partition coefficient (Wildman–Crippen LogP) is 2.61. The summed E-state index contributed by atoms with van der Waals surface area (Å²) in [4.78, 5) is 23.0. The van der Waals surface area contributed by atoms with E-state index in [0.717, 1.165) is 14.2 Å². The Balaban J connectivity index is 0.00000127. The van der Waals surface area contributed by atoms with Gasteiger partial charge in [0.25, 0.3) is 5.78 Å². The van der Waals surface area contributed by atoms with E-state index in [2.05, 4.69) is 0 Å². The fourth-order valence-electron chi connectivity index (χ4n) is 2.26. The van der Waals surface area contributed by atoms with Gasteiger partial charge < -0.3 is 19.7 Å². The molecule has 3 rings (SSSR count). The molecule has 3 aromatic rings. The molecule has 27 heavy (non-hydrogen) atoms. The first kappa shape index (κ1) is 25.7. The number of carbonyl (C=O) groups is 1. The minimum absolute atomic E-state index is 0. The number of rotatable bonds is 1. The average Bonchev–Trinajstić information content (AvgIpc) is 2.64. The average molecular weight is 524 g/mol. The predicted molar refractivity (Wildman–Crippen MR) is 88.3 cm³/mol. The summed E-state index contributed by atoms with van der Waals surface area (Å²) < 4.78 is 42.4. The van der Waals surface area contributed by atoms with Crippen molar-refractivity contribution in [3.8, 4) is 5.75 Å². The number of carbonyl (C=O) groups excluding carboxylic acids is 1. The zero-order chi connectivity index (χ0) is 20.1. The van der Waals surface area contributed by atoms with Crippen molar-refractivity contribution in [2.75, 3.05) is 14.2 Å². The van der Waals surface area contributed by atoms with Crippen molar-refractivity contribution in [1.82, 2.24) is 0 Å². The molecule has 0 saturated heterocycles. The Labute approximate surface area is 191 Å². The van der Waals surface area contributed by atoms with Crippen molar-refractivity contribution in [3.63, 3.8) is 0 Å². The van der Waals surface area contributed by atoms with E-state index in [-0.39, 0.29) is 60.3 Å². The second-order valence-corrected chi connectivity index (χ2v) is 4.60. The maximum atomic E-state index is 12.5. The number of aromatic hydroxyl groups is 1. The van der Waals surface area contributed by atoms with Gasteiger partial charge in [-0.1, -0.05) is 30.3 Å². The van der Waals surface area contributed by atoms with E-state index >= 15 is 0 Å². The molecule has 6 nitrogen and oxygen atoms in total. The summed E-state index contributed by atoms with van der Waals surface area (Å²) in [7, 11) is 2.00. The summed E-state index contributed by atoms with van der Waals surface area (Å²) in [5, 5.41) is 24.9. The molecule has 0 bridgehead atoms. The summed E-state index contributed by atoms with van der Waals surface area (Å²) >= 11 is 0. The standard InChI is InChI=1S/C15H7F3O4.2CH4O.Eu/c16-15(17,18)13(20)10-11(19)9-6-5-7-3-1-2-4-8(7)12(9)22-14(10)21;2*1-2;/h1-6,19H;2*2H,1H3;. The molecular weight excluding hydrogens is 509 g/mol. The smallest absolute Gasteiger partial charge is 0.455 e. The van der Waals surface area contributed by atoms with Gasteiger partial charge in [0.15, 0.2) is 5.56 Å². The van der Waals surface area contributed by atoms with Crippen molar-refractivity contribution < 1.29 is 87.1 Å². The second kappa shape index (κ2) is 10.9. The molecule has 0 unspecified atom stereocenters. The van der Waals surface area contributed by atoms with Crippen molar-refractivity contribution in [1.29, 1.82) is 0 Å². The number of fused-ring (bicyclic) bond motifs is 3. The third-order valence-corrected chi connectivity index (χ3v) is 3.25. The number of hydrogen-bond donors (Lipinski definition) is 3. The van der Waals surface area contributed by atoms with E-state index in [1.807, 2.05) is 0 Å². The fraction of sp³-hybridized carbons (Fsp3) is 0.176. The zero-order valence-corrected chi connectivity index (χ0v) is 16.5. The van der Waals surface area contributed by atoms with Crippen molar-refractivity contribution in [2.45, 2.75) is 6.18 Å². The number of ketones is 1. The number of aliphatic hydroxyl groups excluding tert-OH is 2. The van der Waals surface area contributed by atoms with E-state index in [0.29, 0.717) is 10.8 Å². The number of benzene rings is 2. The van der Waals surface area contributed by atoms with E-state index in [9.17, 15) is 27.9 Å². The summed E-state index contributed by atoms with van der Waals surface area (Å²) in [5.74, 6) is -3.46. The molecule has 0 aliphatic carbocycles. The monoisotopic (exact) mass is 525 g/mol. The first-order chi connectivity index (χ1) is 12.3. The zero-order valence-electron chi connectivity index (χ0n) is 14.0. The molecule has 0 saturated carbocycles. The van der Waals surface area contributed by atoms with Crippen molar-refractivity contribution in [2.24, 2.45) is 0 Å². The molecule has 3 N–H and O–H groups in total. The quantitative estimate of drug-likeness (QED) is 0.257. The Morgan fingerprint density at radius 3 is 2.07 bits per heavy atom. The molecule has 1 heterocycles. The second-order valence-electron chi connectivity index (χ2n) is 4.60.